The molecular formula is C23H17F2NO5. The van der Waals surface area contributed by atoms with Crippen molar-refractivity contribution in [1.29, 1.82) is 0 Å². The highest BCUT2D eigenvalue weighted by Gasteiger charge is 2.52. The number of aliphatic hydroxyl groups is 1. The lowest BCUT2D eigenvalue weighted by atomic mass is 9.87. The molecule has 0 bridgehead atoms. The van der Waals surface area contributed by atoms with Gasteiger partial charge in [0.15, 0.2) is 17.1 Å². The Morgan fingerprint density at radius 2 is 1.71 bits per heavy atom. The van der Waals surface area contributed by atoms with Crippen molar-refractivity contribution in [2.24, 2.45) is 0 Å². The second-order valence-electron chi connectivity index (χ2n) is 7.30. The topological polar surface area (TPSA) is 68.2 Å². The van der Waals surface area contributed by atoms with E-state index >= 15 is 0 Å². The third-order valence-electron chi connectivity index (χ3n) is 5.46. The molecule has 0 radical (unpaired) electrons. The lowest BCUT2D eigenvalue weighted by Gasteiger charge is -2.24. The van der Waals surface area contributed by atoms with E-state index in [4.69, 9.17) is 4.74 Å². The molecule has 3 aromatic rings. The van der Waals surface area contributed by atoms with Crippen LogP contribution < -0.4 is 19.1 Å². The molecule has 1 atom stereocenters. The Morgan fingerprint density at radius 3 is 2.45 bits per heavy atom. The minimum Gasteiger partial charge on any atom is -0.497 e. The van der Waals surface area contributed by atoms with E-state index in [1.807, 2.05) is 12.1 Å². The highest BCUT2D eigenvalue weighted by Crippen LogP contribution is 2.48. The van der Waals surface area contributed by atoms with E-state index in [0.717, 1.165) is 5.56 Å². The minimum atomic E-state index is -3.79. The van der Waals surface area contributed by atoms with Gasteiger partial charge in [-0.2, -0.15) is 0 Å². The molecule has 8 heteroatoms. The smallest absolute Gasteiger partial charge is 0.497 e. The fraction of sp³-hybridized carbons (Fsp3) is 0.174. The van der Waals surface area contributed by atoms with Gasteiger partial charge in [0.2, 0.25) is 0 Å². The zero-order chi connectivity index (χ0) is 21.8. The van der Waals surface area contributed by atoms with Crippen molar-refractivity contribution in [3.8, 4) is 17.2 Å². The number of nitrogens with zero attached hydrogens (tertiary/aromatic N) is 1. The first-order valence-electron chi connectivity index (χ1n) is 9.49. The largest absolute Gasteiger partial charge is 0.586 e. The number of carbonyl (C=O) groups is 1. The van der Waals surface area contributed by atoms with Gasteiger partial charge >= 0.3 is 6.29 Å². The summed E-state index contributed by atoms with van der Waals surface area (Å²) in [5, 5.41) is 11.6. The molecule has 31 heavy (non-hydrogen) atoms. The van der Waals surface area contributed by atoms with Gasteiger partial charge in [0.05, 0.1) is 19.3 Å². The summed E-state index contributed by atoms with van der Waals surface area (Å²) in [6.07, 6.45) is -3.79. The minimum absolute atomic E-state index is 0.113. The molecule has 1 amide bonds. The molecule has 0 aromatic heterocycles. The maximum Gasteiger partial charge on any atom is 0.586 e. The summed E-state index contributed by atoms with van der Waals surface area (Å²) in [6.45, 7) is 0.213. The molecule has 1 N–H and O–H groups in total. The van der Waals surface area contributed by atoms with Crippen molar-refractivity contribution < 1.29 is 32.9 Å². The Hall–Kier alpha value is -3.65. The number of amides is 1. The first-order chi connectivity index (χ1) is 14.8. The number of fused-ring (bicyclic) bond motifs is 2. The fourth-order valence-corrected chi connectivity index (χ4v) is 3.96. The van der Waals surface area contributed by atoms with Crippen molar-refractivity contribution in [2.75, 3.05) is 12.0 Å². The molecule has 0 saturated carbocycles. The number of anilines is 1. The highest BCUT2D eigenvalue weighted by atomic mass is 19.3. The number of ether oxygens (including phenoxy) is 3. The number of para-hydroxylation sites is 1. The molecule has 1 unspecified atom stereocenters. The van der Waals surface area contributed by atoms with Crippen LogP contribution in [0.3, 0.4) is 0 Å². The molecule has 2 aliphatic rings. The Kier molecular flexibility index (Phi) is 4.16. The lowest BCUT2D eigenvalue weighted by Crippen LogP contribution is -2.40. The second kappa shape index (κ2) is 6.68. The van der Waals surface area contributed by atoms with Gasteiger partial charge in [-0.25, -0.2) is 0 Å². The predicted molar refractivity (Wildman–Crippen MR) is 106 cm³/mol. The average molecular weight is 425 g/mol. The van der Waals surface area contributed by atoms with Crippen molar-refractivity contribution in [3.63, 3.8) is 0 Å². The monoisotopic (exact) mass is 425 g/mol. The van der Waals surface area contributed by atoms with Gasteiger partial charge in [-0.15, -0.1) is 8.78 Å². The summed E-state index contributed by atoms with van der Waals surface area (Å²) in [6, 6.07) is 17.9. The molecule has 2 heterocycles. The van der Waals surface area contributed by atoms with Crippen LogP contribution in [0.15, 0.2) is 66.7 Å². The zero-order valence-electron chi connectivity index (χ0n) is 16.3. The van der Waals surface area contributed by atoms with Crippen LogP contribution in [-0.4, -0.2) is 24.4 Å². The quantitative estimate of drug-likeness (QED) is 0.689. The molecule has 3 aromatic carbocycles. The summed E-state index contributed by atoms with van der Waals surface area (Å²) in [5.41, 5.74) is -0.215. The van der Waals surface area contributed by atoms with E-state index in [-0.39, 0.29) is 23.6 Å². The number of carbonyl (C=O) groups excluding carboxylic acids is 1. The number of alkyl halides is 2. The molecule has 158 valence electrons. The third kappa shape index (κ3) is 2.98. The van der Waals surface area contributed by atoms with Crippen LogP contribution in [0.5, 0.6) is 17.2 Å². The Balaban J connectivity index is 1.55. The summed E-state index contributed by atoms with van der Waals surface area (Å²) in [7, 11) is 1.57. The van der Waals surface area contributed by atoms with Crippen LogP contribution in [0.25, 0.3) is 0 Å². The van der Waals surface area contributed by atoms with Gasteiger partial charge in [0.25, 0.3) is 5.91 Å². The van der Waals surface area contributed by atoms with Crippen LogP contribution in [0.1, 0.15) is 16.7 Å². The summed E-state index contributed by atoms with van der Waals surface area (Å²) in [5.74, 6) is -0.304. The van der Waals surface area contributed by atoms with Crippen LogP contribution >= 0.6 is 0 Å². The molecule has 0 spiro atoms. The van der Waals surface area contributed by atoms with E-state index in [9.17, 15) is 18.7 Å². The maximum atomic E-state index is 13.5. The molecule has 5 rings (SSSR count). The number of rotatable bonds is 4. The third-order valence-corrected chi connectivity index (χ3v) is 5.46. The Bertz CT molecular complexity index is 1180. The Morgan fingerprint density at radius 1 is 1.00 bits per heavy atom. The SMILES string of the molecule is COc1ccc(CN2C(=O)C(O)(c3ccc4c(c3)OC(F)(F)O4)c3ccccc32)cc1. The van der Waals surface area contributed by atoms with Crippen molar-refractivity contribution >= 4 is 11.6 Å². The summed E-state index contributed by atoms with van der Waals surface area (Å²) < 4.78 is 40.9. The fourth-order valence-electron chi connectivity index (χ4n) is 3.96. The Labute approximate surface area is 176 Å². The van der Waals surface area contributed by atoms with Gasteiger partial charge in [0.1, 0.15) is 5.75 Å². The van der Waals surface area contributed by atoms with E-state index in [2.05, 4.69) is 9.47 Å². The van der Waals surface area contributed by atoms with Crippen molar-refractivity contribution in [3.05, 3.63) is 83.4 Å². The van der Waals surface area contributed by atoms with Crippen LogP contribution in [0, 0.1) is 0 Å². The number of methoxy groups -OCH3 is 1. The zero-order valence-corrected chi connectivity index (χ0v) is 16.3. The van der Waals surface area contributed by atoms with Gasteiger partial charge in [-0.05, 0) is 35.9 Å². The molecule has 2 aliphatic heterocycles. The number of benzene rings is 3. The van der Waals surface area contributed by atoms with E-state index in [1.165, 1.54) is 23.1 Å². The summed E-state index contributed by atoms with van der Waals surface area (Å²) >= 11 is 0. The standard InChI is InChI=1S/C23H17F2NO5/c1-29-16-9-6-14(7-10-16)13-26-18-5-3-2-4-17(18)22(28,21(26)27)15-8-11-19-20(12-15)31-23(24,25)30-19/h2-12,28H,13H2,1H3. The molecule has 0 aliphatic carbocycles. The van der Waals surface area contributed by atoms with Gasteiger partial charge in [0, 0.05) is 11.1 Å². The van der Waals surface area contributed by atoms with E-state index in [1.54, 1.807) is 43.5 Å². The maximum absolute atomic E-state index is 13.5. The number of hydrogen-bond donors (Lipinski definition) is 1. The highest BCUT2D eigenvalue weighted by molar-refractivity contribution is 6.09. The van der Waals surface area contributed by atoms with Crippen molar-refractivity contribution in [1.82, 2.24) is 0 Å². The van der Waals surface area contributed by atoms with E-state index in [0.29, 0.717) is 17.0 Å². The average Bonchev–Trinajstić information content (AvgIpc) is 3.19. The molecular weight excluding hydrogens is 408 g/mol. The van der Waals surface area contributed by atoms with E-state index < -0.39 is 17.8 Å². The summed E-state index contributed by atoms with van der Waals surface area (Å²) in [4.78, 5) is 14.9. The molecule has 0 saturated heterocycles. The van der Waals surface area contributed by atoms with Crippen LogP contribution in [-0.2, 0) is 16.9 Å². The number of hydrogen-bond acceptors (Lipinski definition) is 5. The van der Waals surface area contributed by atoms with Gasteiger partial charge < -0.3 is 24.2 Å². The van der Waals surface area contributed by atoms with Crippen molar-refractivity contribution in [2.45, 2.75) is 18.4 Å². The van der Waals surface area contributed by atoms with Gasteiger partial charge in [-0.1, -0.05) is 36.4 Å². The first-order valence-corrected chi connectivity index (χ1v) is 9.49. The predicted octanol–water partition coefficient (Wildman–Crippen LogP) is 3.80. The normalized spacial score (nSPS) is 20.6. The first kappa shape index (κ1) is 19.3. The molecule has 6 nitrogen and oxygen atoms in total. The lowest BCUT2D eigenvalue weighted by molar-refractivity contribution is -0.286. The van der Waals surface area contributed by atoms with Crippen LogP contribution in [0.2, 0.25) is 0 Å². The second-order valence-corrected chi connectivity index (χ2v) is 7.30. The molecule has 0 fully saturated rings. The van der Waals surface area contributed by atoms with Gasteiger partial charge in [-0.3, -0.25) is 4.79 Å². The van der Waals surface area contributed by atoms with Crippen LogP contribution in [0.4, 0.5) is 14.5 Å². The number of halogens is 2.